The van der Waals surface area contributed by atoms with E-state index >= 15 is 0 Å². The number of aryl methyl sites for hydroxylation is 1. The van der Waals surface area contributed by atoms with Crippen molar-refractivity contribution in [3.63, 3.8) is 0 Å². The second-order valence-electron chi connectivity index (χ2n) is 3.81. The summed E-state index contributed by atoms with van der Waals surface area (Å²) in [6.45, 7) is 6.31. The minimum Gasteiger partial charge on any atom is -0.328 e. The average Bonchev–Trinajstić information content (AvgIpc) is 2.42. The number of benzene rings is 1. The van der Waals surface area contributed by atoms with Gasteiger partial charge in [0.05, 0.1) is 6.04 Å². The number of hydrogen-bond donors (Lipinski definition) is 2. The fourth-order valence-electron chi connectivity index (χ4n) is 1.47. The summed E-state index contributed by atoms with van der Waals surface area (Å²) in [5.41, 5.74) is 7.57. The minimum atomic E-state index is -0.327. The van der Waals surface area contributed by atoms with Crippen molar-refractivity contribution in [1.82, 2.24) is 5.32 Å². The van der Waals surface area contributed by atoms with E-state index in [2.05, 4.69) is 5.32 Å². The van der Waals surface area contributed by atoms with E-state index in [-0.39, 0.29) is 11.9 Å². The van der Waals surface area contributed by atoms with E-state index in [0.717, 1.165) is 5.69 Å². The molecule has 0 fully saturated rings. The monoisotopic (exact) mass is 251 g/mol. The van der Waals surface area contributed by atoms with Gasteiger partial charge in [0.15, 0.2) is 0 Å². The molecule has 0 aromatic heterocycles. The fraction of sp³-hybridized carbons (Fsp3) is 0.500. The van der Waals surface area contributed by atoms with Gasteiger partial charge in [0.2, 0.25) is 5.91 Å². The van der Waals surface area contributed by atoms with Gasteiger partial charge in [-0.1, -0.05) is 31.5 Å². The highest BCUT2D eigenvalue weighted by atomic mass is 16.2. The van der Waals surface area contributed by atoms with Crippen LogP contribution >= 0.6 is 0 Å². The van der Waals surface area contributed by atoms with Crippen LogP contribution in [0.15, 0.2) is 24.3 Å². The molecule has 0 bridgehead atoms. The fourth-order valence-corrected chi connectivity index (χ4v) is 1.47. The molecule has 1 atom stereocenters. The Morgan fingerprint density at radius 3 is 2.22 bits per heavy atom. The van der Waals surface area contributed by atoms with Crippen LogP contribution in [0.5, 0.6) is 0 Å². The third kappa shape index (κ3) is 4.47. The number of amides is 1. The summed E-state index contributed by atoms with van der Waals surface area (Å²) < 4.78 is 0. The molecule has 1 aromatic rings. The zero-order valence-electron chi connectivity index (χ0n) is 12.0. The molecule has 0 aliphatic heterocycles. The van der Waals surface area contributed by atoms with Gasteiger partial charge in [-0.25, -0.2) is 0 Å². The summed E-state index contributed by atoms with van der Waals surface area (Å²) in [6, 6.07) is 7.49. The molecule has 18 heavy (non-hydrogen) atoms. The first kappa shape index (κ1) is 16.6. The molecule has 0 saturated heterocycles. The molecule has 1 rings (SSSR count). The number of nitrogens with zero attached hydrogens (tertiary/aromatic N) is 1. The smallest absolute Gasteiger partial charge is 0.245 e. The SMILES string of the molecule is CC.CNC(CN)C(=O)N(C)c1ccc(C)cc1. The predicted octanol–water partition coefficient (Wildman–Crippen LogP) is 1.53. The Balaban J connectivity index is 0.00000137. The van der Waals surface area contributed by atoms with E-state index in [1.807, 2.05) is 45.0 Å². The van der Waals surface area contributed by atoms with Crippen molar-refractivity contribution in [2.75, 3.05) is 25.5 Å². The summed E-state index contributed by atoms with van der Waals surface area (Å²) in [5.74, 6) is -0.0196. The van der Waals surface area contributed by atoms with Crippen LogP contribution in [0.3, 0.4) is 0 Å². The molecule has 102 valence electrons. The third-order valence-electron chi connectivity index (χ3n) is 2.63. The Kier molecular flexibility index (Phi) is 8.00. The van der Waals surface area contributed by atoms with Crippen molar-refractivity contribution in [3.8, 4) is 0 Å². The van der Waals surface area contributed by atoms with E-state index in [0.29, 0.717) is 6.54 Å². The first-order chi connectivity index (χ1) is 8.60. The lowest BCUT2D eigenvalue weighted by atomic mass is 10.2. The van der Waals surface area contributed by atoms with Crippen LogP contribution in [-0.2, 0) is 4.79 Å². The van der Waals surface area contributed by atoms with Crippen LogP contribution in [0.1, 0.15) is 19.4 Å². The molecule has 1 aromatic carbocycles. The second kappa shape index (κ2) is 8.66. The third-order valence-corrected chi connectivity index (χ3v) is 2.63. The van der Waals surface area contributed by atoms with Crippen molar-refractivity contribution in [2.45, 2.75) is 26.8 Å². The van der Waals surface area contributed by atoms with E-state index in [9.17, 15) is 4.79 Å². The number of hydrogen-bond acceptors (Lipinski definition) is 3. The van der Waals surface area contributed by atoms with E-state index in [4.69, 9.17) is 5.73 Å². The van der Waals surface area contributed by atoms with Crippen molar-refractivity contribution in [1.29, 1.82) is 0 Å². The molecule has 4 nitrogen and oxygen atoms in total. The second-order valence-corrected chi connectivity index (χ2v) is 3.81. The van der Waals surface area contributed by atoms with Crippen LogP contribution in [0, 0.1) is 6.92 Å². The lowest BCUT2D eigenvalue weighted by Crippen LogP contribution is -2.48. The molecule has 0 saturated carbocycles. The number of carbonyl (C=O) groups excluding carboxylic acids is 1. The van der Waals surface area contributed by atoms with Gasteiger partial charge >= 0.3 is 0 Å². The lowest BCUT2D eigenvalue weighted by Gasteiger charge is -2.22. The largest absolute Gasteiger partial charge is 0.328 e. The molecule has 4 heteroatoms. The van der Waals surface area contributed by atoms with E-state index in [1.165, 1.54) is 5.56 Å². The summed E-state index contributed by atoms with van der Waals surface area (Å²) >= 11 is 0. The Morgan fingerprint density at radius 1 is 1.33 bits per heavy atom. The van der Waals surface area contributed by atoms with Crippen molar-refractivity contribution in [3.05, 3.63) is 29.8 Å². The van der Waals surface area contributed by atoms with Gasteiger partial charge in [-0.15, -0.1) is 0 Å². The van der Waals surface area contributed by atoms with E-state index < -0.39 is 0 Å². The van der Waals surface area contributed by atoms with Crippen LogP contribution in [0.2, 0.25) is 0 Å². The van der Waals surface area contributed by atoms with Crippen LogP contribution in [0.4, 0.5) is 5.69 Å². The van der Waals surface area contributed by atoms with Crippen molar-refractivity contribution >= 4 is 11.6 Å². The molecule has 0 aliphatic carbocycles. The van der Waals surface area contributed by atoms with Crippen molar-refractivity contribution in [2.24, 2.45) is 5.73 Å². The number of rotatable bonds is 4. The Bertz CT molecular complexity index is 345. The highest BCUT2D eigenvalue weighted by Gasteiger charge is 2.19. The number of nitrogens with one attached hydrogen (secondary N) is 1. The summed E-state index contributed by atoms with van der Waals surface area (Å²) in [4.78, 5) is 13.6. The first-order valence-corrected chi connectivity index (χ1v) is 6.31. The number of likely N-dealkylation sites (N-methyl/N-ethyl adjacent to an activating group) is 2. The molecular formula is C14H25N3O. The molecule has 0 aliphatic rings. The van der Waals surface area contributed by atoms with Gasteiger partial charge in [-0.3, -0.25) is 4.79 Å². The summed E-state index contributed by atoms with van der Waals surface area (Å²) in [7, 11) is 3.49. The van der Waals surface area contributed by atoms with Gasteiger partial charge in [-0.2, -0.15) is 0 Å². The standard InChI is InChI=1S/C12H19N3O.C2H6/c1-9-4-6-10(7-5-9)15(3)12(16)11(8-13)14-2;1-2/h4-7,11,14H,8,13H2,1-3H3;1-2H3. The van der Waals surface area contributed by atoms with Crippen LogP contribution < -0.4 is 16.0 Å². The van der Waals surface area contributed by atoms with Gasteiger partial charge in [0.1, 0.15) is 0 Å². The minimum absolute atomic E-state index is 0.0196. The normalized spacial score (nSPS) is 11.2. The van der Waals surface area contributed by atoms with E-state index in [1.54, 1.807) is 19.0 Å². The maximum absolute atomic E-state index is 12.0. The summed E-state index contributed by atoms with van der Waals surface area (Å²) in [6.07, 6.45) is 0. The van der Waals surface area contributed by atoms with Crippen LogP contribution in [-0.4, -0.2) is 32.6 Å². The molecule has 0 spiro atoms. The van der Waals surface area contributed by atoms with Crippen molar-refractivity contribution < 1.29 is 4.79 Å². The topological polar surface area (TPSA) is 58.4 Å². The number of anilines is 1. The zero-order valence-corrected chi connectivity index (χ0v) is 12.0. The average molecular weight is 251 g/mol. The zero-order chi connectivity index (χ0) is 14.1. The molecular weight excluding hydrogens is 226 g/mol. The Morgan fingerprint density at radius 2 is 1.83 bits per heavy atom. The quantitative estimate of drug-likeness (QED) is 0.853. The van der Waals surface area contributed by atoms with Gasteiger partial charge in [-0.05, 0) is 26.1 Å². The maximum atomic E-state index is 12.0. The maximum Gasteiger partial charge on any atom is 0.245 e. The Hall–Kier alpha value is -1.39. The first-order valence-electron chi connectivity index (χ1n) is 6.31. The number of carbonyl (C=O) groups is 1. The van der Waals surface area contributed by atoms with Gasteiger partial charge < -0.3 is 16.0 Å². The highest BCUT2D eigenvalue weighted by Crippen LogP contribution is 2.14. The molecule has 1 amide bonds. The summed E-state index contributed by atoms with van der Waals surface area (Å²) in [5, 5.41) is 2.90. The van der Waals surface area contributed by atoms with Gasteiger partial charge in [0.25, 0.3) is 0 Å². The molecule has 3 N–H and O–H groups in total. The molecule has 1 unspecified atom stereocenters. The Labute approximate surface area is 110 Å². The molecule has 0 radical (unpaired) electrons. The lowest BCUT2D eigenvalue weighted by molar-refractivity contribution is -0.119. The highest BCUT2D eigenvalue weighted by molar-refractivity contribution is 5.96. The number of nitrogens with two attached hydrogens (primary N) is 1. The molecule has 0 heterocycles. The predicted molar refractivity (Wildman–Crippen MR) is 77.8 cm³/mol. The van der Waals surface area contributed by atoms with Gasteiger partial charge in [0, 0.05) is 19.3 Å². The van der Waals surface area contributed by atoms with Crippen LogP contribution in [0.25, 0.3) is 0 Å².